The fourth-order valence-electron chi connectivity index (χ4n) is 7.02. The summed E-state index contributed by atoms with van der Waals surface area (Å²) in [5, 5.41) is 8.00. The molecule has 8 heteroatoms. The van der Waals surface area contributed by atoms with Crippen LogP contribution in [0, 0.1) is 17.5 Å². The molecule has 1 unspecified atom stereocenters. The summed E-state index contributed by atoms with van der Waals surface area (Å²) in [7, 11) is 1.71. The first-order valence-electron chi connectivity index (χ1n) is 19.0. The Morgan fingerprint density at radius 1 is 0.868 bits per heavy atom. The van der Waals surface area contributed by atoms with Crippen LogP contribution in [-0.2, 0) is 25.5 Å². The Kier molecular flexibility index (Phi) is 18.8. The van der Waals surface area contributed by atoms with Gasteiger partial charge in [0.25, 0.3) is 0 Å². The molecule has 0 bridgehead atoms. The van der Waals surface area contributed by atoms with Gasteiger partial charge < -0.3 is 14.6 Å². The van der Waals surface area contributed by atoms with E-state index in [0.29, 0.717) is 49.8 Å². The number of hydrogen-bond acceptors (Lipinski definition) is 5. The topological polar surface area (TPSA) is 72.8 Å². The lowest BCUT2D eigenvalue weighted by atomic mass is 9.75. The molecule has 3 aromatic carbocycles. The first-order valence-corrected chi connectivity index (χ1v) is 19.0. The smallest absolute Gasteiger partial charge is 0.333 e. The molecule has 53 heavy (non-hydrogen) atoms. The van der Waals surface area contributed by atoms with Crippen molar-refractivity contribution >= 4 is 12.3 Å². The van der Waals surface area contributed by atoms with Crippen molar-refractivity contribution in [3.63, 3.8) is 0 Å². The van der Waals surface area contributed by atoms with Crippen LogP contribution in [0.4, 0.5) is 13.2 Å². The van der Waals surface area contributed by atoms with Gasteiger partial charge in [0.1, 0.15) is 23.7 Å². The normalized spacial score (nSPS) is 15.9. The standard InChI is InChI=1S/C41H51F3O3.C4H6O2/c1-5-6-7-10-29-13-22-36(37(42)25-29)35-26-38(43)40(39(44)27-35)34-20-18-33(19-21-34)32-16-14-31(15-17-32)30(11-8-23-46-4)12-9-24-47-41(45)28(2)3;1-4(2-5)3-6/h13-17,22,25-27,30,33-34H,2,5-12,18-21,23-24H2,1,3-4H3;2,6H,1,3H2. The van der Waals surface area contributed by atoms with Crippen LogP contribution in [0.2, 0.25) is 0 Å². The van der Waals surface area contributed by atoms with Crippen molar-refractivity contribution in [2.75, 3.05) is 26.9 Å². The minimum atomic E-state index is -0.590. The minimum absolute atomic E-state index is 0.131. The summed E-state index contributed by atoms with van der Waals surface area (Å²) in [5.41, 5.74) is 4.65. The number of aryl methyl sites for hydroxylation is 1. The molecule has 5 nitrogen and oxygen atoms in total. The minimum Gasteiger partial charge on any atom is -0.462 e. The van der Waals surface area contributed by atoms with Gasteiger partial charge in [0, 0.05) is 36.0 Å². The SMILES string of the molecule is C=C(C)C(=O)OCCCC(CCCOC)c1ccc(C2CCC(c3c(F)cc(-c4ccc(CCCCC)cc4F)cc3F)CC2)cc1.C=C(C=O)CO. The monoisotopic (exact) mass is 734 g/mol. The average molecular weight is 735 g/mol. The number of aliphatic hydroxyl groups excluding tert-OH is 1. The molecule has 1 atom stereocenters. The molecule has 3 aromatic rings. The predicted molar refractivity (Wildman–Crippen MR) is 207 cm³/mol. The van der Waals surface area contributed by atoms with Gasteiger partial charge in [-0.1, -0.05) is 69.3 Å². The number of carbonyl (C=O) groups excluding carboxylic acids is 2. The highest BCUT2D eigenvalue weighted by Gasteiger charge is 2.28. The predicted octanol–water partition coefficient (Wildman–Crippen LogP) is 11.1. The zero-order chi connectivity index (χ0) is 38.8. The summed E-state index contributed by atoms with van der Waals surface area (Å²) in [6, 6.07) is 16.4. The van der Waals surface area contributed by atoms with E-state index in [0.717, 1.165) is 69.8 Å². The third kappa shape index (κ3) is 13.7. The van der Waals surface area contributed by atoms with E-state index in [4.69, 9.17) is 14.6 Å². The van der Waals surface area contributed by atoms with E-state index in [9.17, 15) is 14.0 Å². The molecule has 1 aliphatic carbocycles. The molecule has 0 aliphatic heterocycles. The van der Waals surface area contributed by atoms with Gasteiger partial charge in [-0.2, -0.15) is 0 Å². The lowest BCUT2D eigenvalue weighted by Crippen LogP contribution is -2.15. The molecule has 1 aliphatic rings. The van der Waals surface area contributed by atoms with Crippen molar-refractivity contribution in [3.8, 4) is 11.1 Å². The van der Waals surface area contributed by atoms with Crippen molar-refractivity contribution in [2.24, 2.45) is 0 Å². The molecule has 288 valence electrons. The number of benzene rings is 3. The van der Waals surface area contributed by atoms with Gasteiger partial charge in [-0.25, -0.2) is 18.0 Å². The van der Waals surface area contributed by atoms with Crippen molar-refractivity contribution in [2.45, 2.75) is 109 Å². The van der Waals surface area contributed by atoms with Crippen LogP contribution in [0.3, 0.4) is 0 Å². The molecule has 0 saturated heterocycles. The summed E-state index contributed by atoms with van der Waals surface area (Å²) in [5.74, 6) is -1.50. The first kappa shape index (κ1) is 43.4. The molecule has 1 saturated carbocycles. The Morgan fingerprint density at radius 2 is 1.49 bits per heavy atom. The lowest BCUT2D eigenvalue weighted by molar-refractivity contribution is -0.139. The Balaban J connectivity index is 0.00000116. The number of methoxy groups -OCH3 is 1. The molecule has 0 amide bonds. The van der Waals surface area contributed by atoms with Crippen molar-refractivity contribution in [3.05, 3.63) is 119 Å². The number of esters is 1. The zero-order valence-electron chi connectivity index (χ0n) is 31.7. The number of hydrogen-bond donors (Lipinski definition) is 1. The Labute approximate surface area is 314 Å². The number of rotatable bonds is 19. The Hall–Kier alpha value is -4.01. The van der Waals surface area contributed by atoms with Crippen LogP contribution < -0.4 is 0 Å². The second-order valence-corrected chi connectivity index (χ2v) is 14.2. The van der Waals surface area contributed by atoms with E-state index < -0.39 is 17.5 Å². The van der Waals surface area contributed by atoms with Gasteiger partial charge in [-0.15, -0.1) is 0 Å². The number of aliphatic hydroxyl groups is 1. The van der Waals surface area contributed by atoms with Gasteiger partial charge in [0.05, 0.1) is 13.2 Å². The average Bonchev–Trinajstić information content (AvgIpc) is 3.15. The largest absolute Gasteiger partial charge is 0.462 e. The van der Waals surface area contributed by atoms with Crippen LogP contribution in [0.25, 0.3) is 11.1 Å². The van der Waals surface area contributed by atoms with Crippen molar-refractivity contribution < 1.29 is 37.3 Å². The van der Waals surface area contributed by atoms with Crippen LogP contribution in [0.5, 0.6) is 0 Å². The molecule has 0 spiro atoms. The number of aldehydes is 1. The van der Waals surface area contributed by atoms with Crippen LogP contribution in [0.15, 0.2) is 78.9 Å². The van der Waals surface area contributed by atoms with E-state index in [1.165, 1.54) is 29.3 Å². The summed E-state index contributed by atoms with van der Waals surface area (Å²) in [4.78, 5) is 21.2. The first-order chi connectivity index (χ1) is 25.5. The van der Waals surface area contributed by atoms with Crippen LogP contribution >= 0.6 is 0 Å². The summed E-state index contributed by atoms with van der Waals surface area (Å²) in [6.45, 7) is 11.4. The molecule has 0 heterocycles. The molecule has 4 rings (SSSR count). The van der Waals surface area contributed by atoms with E-state index in [1.807, 2.05) is 6.07 Å². The summed E-state index contributed by atoms with van der Waals surface area (Å²) >= 11 is 0. The van der Waals surface area contributed by atoms with Gasteiger partial charge in [0.15, 0.2) is 0 Å². The quantitative estimate of drug-likeness (QED) is 0.0574. The van der Waals surface area contributed by atoms with E-state index in [1.54, 1.807) is 20.1 Å². The third-order valence-electron chi connectivity index (χ3n) is 10.1. The van der Waals surface area contributed by atoms with Crippen molar-refractivity contribution in [1.82, 2.24) is 0 Å². The van der Waals surface area contributed by atoms with Gasteiger partial charge >= 0.3 is 5.97 Å². The number of ether oxygens (including phenoxy) is 2. The highest BCUT2D eigenvalue weighted by molar-refractivity contribution is 5.86. The number of carbonyl (C=O) groups is 2. The van der Waals surface area contributed by atoms with E-state index >= 15 is 8.78 Å². The van der Waals surface area contributed by atoms with Gasteiger partial charge in [-0.05, 0) is 129 Å². The van der Waals surface area contributed by atoms with Crippen molar-refractivity contribution in [1.29, 1.82) is 0 Å². The molecular formula is C45H57F3O5. The maximum Gasteiger partial charge on any atom is 0.333 e. The number of halogens is 3. The van der Waals surface area contributed by atoms with Crippen LogP contribution in [-0.4, -0.2) is 44.3 Å². The summed E-state index contributed by atoms with van der Waals surface area (Å²) < 4.78 is 56.4. The molecular weight excluding hydrogens is 677 g/mol. The molecule has 0 radical (unpaired) electrons. The summed E-state index contributed by atoms with van der Waals surface area (Å²) in [6.07, 6.45) is 11.2. The molecule has 0 aromatic heterocycles. The van der Waals surface area contributed by atoms with E-state index in [2.05, 4.69) is 44.3 Å². The van der Waals surface area contributed by atoms with Gasteiger partial charge in [0.2, 0.25) is 0 Å². The van der Waals surface area contributed by atoms with E-state index in [-0.39, 0.29) is 40.8 Å². The maximum atomic E-state index is 15.4. The zero-order valence-corrected chi connectivity index (χ0v) is 31.7. The van der Waals surface area contributed by atoms with Gasteiger partial charge in [-0.3, -0.25) is 4.79 Å². The molecule has 1 N–H and O–H groups in total. The highest BCUT2D eigenvalue weighted by atomic mass is 19.1. The highest BCUT2D eigenvalue weighted by Crippen LogP contribution is 2.43. The maximum absolute atomic E-state index is 15.4. The lowest BCUT2D eigenvalue weighted by Gasteiger charge is -2.30. The second kappa shape index (κ2) is 22.9. The fraction of sp³-hybridized carbons (Fsp3) is 0.467. The number of unbranched alkanes of at least 4 members (excludes halogenated alkanes) is 2. The Morgan fingerprint density at radius 3 is 2.02 bits per heavy atom. The molecule has 1 fully saturated rings. The third-order valence-corrected chi connectivity index (χ3v) is 10.1. The fourth-order valence-corrected chi connectivity index (χ4v) is 7.02. The Bertz CT molecular complexity index is 1600. The van der Waals surface area contributed by atoms with Crippen LogP contribution in [0.1, 0.15) is 124 Å². The second-order valence-electron chi connectivity index (χ2n) is 14.2.